The number of nitrogens with zero attached hydrogens (tertiary/aromatic N) is 8. The fourth-order valence-electron chi connectivity index (χ4n) is 7.33. The van der Waals surface area contributed by atoms with Gasteiger partial charge in [0, 0.05) is 26.1 Å². The van der Waals surface area contributed by atoms with Crippen molar-refractivity contribution >= 4 is 11.6 Å². The molecule has 1 fully saturated rings. The molecular weight excluding hydrogens is 739 g/mol. The number of alkyl halides is 3. The molecule has 1 aliphatic rings. The van der Waals surface area contributed by atoms with Gasteiger partial charge in [-0.3, -0.25) is 19.0 Å². The summed E-state index contributed by atoms with van der Waals surface area (Å²) < 4.78 is 47.9. The van der Waals surface area contributed by atoms with Crippen LogP contribution in [0.15, 0.2) is 71.7 Å². The molecule has 0 atom stereocenters. The summed E-state index contributed by atoms with van der Waals surface area (Å²) >= 11 is 0. The van der Waals surface area contributed by atoms with Gasteiger partial charge in [0.05, 0.1) is 67.4 Å². The summed E-state index contributed by atoms with van der Waals surface area (Å²) in [6.07, 6.45) is 0.158. The van der Waals surface area contributed by atoms with Crippen molar-refractivity contribution in [1.82, 2.24) is 34.2 Å². The molecule has 1 N–H and O–H groups in total. The van der Waals surface area contributed by atoms with Crippen LogP contribution in [0.25, 0.3) is 27.6 Å². The van der Waals surface area contributed by atoms with Gasteiger partial charge in [0.1, 0.15) is 17.8 Å². The van der Waals surface area contributed by atoms with Crippen molar-refractivity contribution in [2.45, 2.75) is 51.4 Å². The Hall–Kier alpha value is -4.94. The quantitative estimate of drug-likeness (QED) is 0.184. The number of nitrogens with one attached hydrogen (secondary N) is 1. The minimum absolute atomic E-state index is 0. The SMILES string of the molecule is [Br-].[C-]#[N+]c1ccc(-n2nccc2-c2c(C(=O)NC3CCC(C[N+](C)(C)Cc4cc(C)nn4C)CC3)c(=O)n(-c3cccc(C(F)(F)F)c3)n2C)cc1. The fraction of sp³-hybridized carbons (Fsp3) is 0.378. The summed E-state index contributed by atoms with van der Waals surface area (Å²) in [5, 5.41) is 12.0. The van der Waals surface area contributed by atoms with Crippen molar-refractivity contribution in [3.63, 3.8) is 0 Å². The zero-order valence-electron chi connectivity index (χ0n) is 29.7. The second kappa shape index (κ2) is 15.0. The van der Waals surface area contributed by atoms with Crippen LogP contribution in [-0.2, 0) is 26.8 Å². The highest BCUT2D eigenvalue weighted by molar-refractivity contribution is 6.00. The average molecular weight is 781 g/mol. The molecule has 0 spiro atoms. The molecule has 1 saturated carbocycles. The molecule has 0 radical (unpaired) electrons. The maximum Gasteiger partial charge on any atom is 0.416 e. The van der Waals surface area contributed by atoms with Crippen LogP contribution in [0.5, 0.6) is 0 Å². The van der Waals surface area contributed by atoms with E-state index in [9.17, 15) is 22.8 Å². The molecule has 0 aliphatic heterocycles. The summed E-state index contributed by atoms with van der Waals surface area (Å²) in [6.45, 7) is 11.1. The van der Waals surface area contributed by atoms with E-state index >= 15 is 0 Å². The summed E-state index contributed by atoms with van der Waals surface area (Å²) in [4.78, 5) is 31.8. The minimum atomic E-state index is -4.63. The van der Waals surface area contributed by atoms with Gasteiger partial charge in [-0.15, -0.1) is 0 Å². The van der Waals surface area contributed by atoms with Crippen molar-refractivity contribution in [3.8, 4) is 22.8 Å². The van der Waals surface area contributed by atoms with Gasteiger partial charge in [0.2, 0.25) is 0 Å². The van der Waals surface area contributed by atoms with E-state index in [0.717, 1.165) is 65.8 Å². The number of hydrogen-bond acceptors (Lipinski definition) is 4. The van der Waals surface area contributed by atoms with Crippen molar-refractivity contribution < 1.29 is 39.4 Å². The molecule has 5 aromatic rings. The monoisotopic (exact) mass is 779 g/mol. The van der Waals surface area contributed by atoms with Crippen LogP contribution in [-0.4, -0.2) is 66.0 Å². The van der Waals surface area contributed by atoms with Crippen LogP contribution < -0.4 is 27.9 Å². The van der Waals surface area contributed by atoms with Crippen LogP contribution >= 0.6 is 0 Å². The Kier molecular flexibility index (Phi) is 11.0. The number of carbonyl (C=O) groups excluding carboxylic acids is 1. The number of quaternary nitrogens is 1. The van der Waals surface area contributed by atoms with Crippen LogP contribution in [0.3, 0.4) is 0 Å². The summed E-state index contributed by atoms with van der Waals surface area (Å²) in [6, 6.07) is 14.7. The van der Waals surface area contributed by atoms with E-state index in [1.54, 1.807) is 30.3 Å². The minimum Gasteiger partial charge on any atom is -1.00 e. The second-order valence-electron chi connectivity index (χ2n) is 14.0. The van der Waals surface area contributed by atoms with Gasteiger partial charge >= 0.3 is 6.18 Å². The molecule has 11 nitrogen and oxygen atoms in total. The number of aromatic nitrogens is 6. The summed E-state index contributed by atoms with van der Waals surface area (Å²) in [7, 11) is 7.93. The molecule has 0 unspecified atom stereocenters. The first kappa shape index (κ1) is 38.3. The largest absolute Gasteiger partial charge is 1.00 e. The lowest BCUT2D eigenvalue weighted by molar-refractivity contribution is -0.907. The van der Waals surface area contributed by atoms with Crippen LogP contribution in [0.4, 0.5) is 18.9 Å². The molecule has 1 amide bonds. The predicted octanol–water partition coefficient (Wildman–Crippen LogP) is 3.21. The number of rotatable bonds is 9. The number of amides is 1. The zero-order chi connectivity index (χ0) is 36.7. The molecule has 52 heavy (non-hydrogen) atoms. The normalized spacial score (nSPS) is 16.3. The Morgan fingerprint density at radius 3 is 2.33 bits per heavy atom. The van der Waals surface area contributed by atoms with Crippen molar-refractivity contribution in [3.05, 3.63) is 111 Å². The number of aryl methyl sites for hydroxylation is 2. The van der Waals surface area contributed by atoms with E-state index in [1.165, 1.54) is 40.4 Å². The zero-order valence-corrected chi connectivity index (χ0v) is 31.2. The first-order valence-electron chi connectivity index (χ1n) is 16.8. The van der Waals surface area contributed by atoms with E-state index in [0.29, 0.717) is 23.0 Å². The van der Waals surface area contributed by atoms with Crippen LogP contribution in [0.1, 0.15) is 53.0 Å². The van der Waals surface area contributed by atoms with Crippen molar-refractivity contribution in [1.29, 1.82) is 0 Å². The van der Waals surface area contributed by atoms with E-state index in [1.807, 2.05) is 18.7 Å². The summed E-state index contributed by atoms with van der Waals surface area (Å²) in [5.41, 5.74) is 1.85. The lowest BCUT2D eigenvalue weighted by atomic mass is 9.85. The van der Waals surface area contributed by atoms with Gasteiger partial charge in [-0.2, -0.15) is 23.4 Å². The first-order valence-corrected chi connectivity index (χ1v) is 16.8. The van der Waals surface area contributed by atoms with Crippen LogP contribution in [0.2, 0.25) is 0 Å². The summed E-state index contributed by atoms with van der Waals surface area (Å²) in [5.74, 6) is -0.143. The van der Waals surface area contributed by atoms with Crippen molar-refractivity contribution in [2.75, 3.05) is 20.6 Å². The molecular formula is C37H41BrF3N9O2. The average Bonchev–Trinajstić information content (AvgIpc) is 3.75. The maximum absolute atomic E-state index is 14.2. The lowest BCUT2D eigenvalue weighted by Gasteiger charge is -2.36. The third kappa shape index (κ3) is 7.93. The van der Waals surface area contributed by atoms with Crippen molar-refractivity contribution in [2.24, 2.45) is 20.0 Å². The molecule has 15 heteroatoms. The molecule has 1 aliphatic carbocycles. The molecule has 0 bridgehead atoms. The number of carbonyl (C=O) groups is 1. The number of halogens is 4. The van der Waals surface area contributed by atoms with Gasteiger partial charge in [0.25, 0.3) is 11.5 Å². The molecule has 3 heterocycles. The fourth-order valence-corrected chi connectivity index (χ4v) is 7.33. The van der Waals surface area contributed by atoms with Gasteiger partial charge < -0.3 is 26.8 Å². The third-order valence-corrected chi connectivity index (χ3v) is 9.64. The smallest absolute Gasteiger partial charge is 0.416 e. The Morgan fingerprint density at radius 2 is 1.71 bits per heavy atom. The molecule has 0 saturated heterocycles. The highest BCUT2D eigenvalue weighted by atomic mass is 79.9. The molecule has 2 aromatic carbocycles. The second-order valence-corrected chi connectivity index (χ2v) is 14.0. The Bertz CT molecular complexity index is 2160. The maximum atomic E-state index is 14.2. The highest BCUT2D eigenvalue weighted by Gasteiger charge is 2.34. The van der Waals surface area contributed by atoms with Gasteiger partial charge in [0.15, 0.2) is 5.69 Å². The van der Waals surface area contributed by atoms with Gasteiger partial charge in [-0.05, 0) is 75.1 Å². The standard InChI is InChI=1S/C37H40F3N9O2.BrH/c1-24-20-31(45(3)44-24)23-49(5,6)22-25-10-12-28(13-11-25)43-35(50)33-34(32-18-19-42-47(32)29-16-14-27(41-2)15-17-29)46(4)48(36(33)51)30-9-7-8-26(21-30)37(38,39)40;/h7-9,14-21,25,28H,10-13,22-23H2,1,3-6H3;1H. The topological polar surface area (TPSA) is 96.0 Å². The third-order valence-electron chi connectivity index (χ3n) is 9.64. The van der Waals surface area contributed by atoms with E-state index in [4.69, 9.17) is 6.57 Å². The van der Waals surface area contributed by atoms with Gasteiger partial charge in [-0.1, -0.05) is 18.2 Å². The number of benzene rings is 2. The predicted molar refractivity (Wildman–Crippen MR) is 187 cm³/mol. The molecule has 274 valence electrons. The molecule has 6 rings (SSSR count). The Balaban J connectivity index is 0.00000523. The Labute approximate surface area is 310 Å². The van der Waals surface area contributed by atoms with E-state index in [-0.39, 0.29) is 40.0 Å². The lowest BCUT2D eigenvalue weighted by Crippen LogP contribution is -3.00. The number of hydrogen-bond donors (Lipinski definition) is 1. The van der Waals surface area contributed by atoms with Crippen LogP contribution in [0, 0.1) is 19.4 Å². The first-order chi connectivity index (χ1) is 24.1. The highest BCUT2D eigenvalue weighted by Crippen LogP contribution is 2.32. The van der Waals surface area contributed by atoms with E-state index < -0.39 is 23.2 Å². The Morgan fingerprint density at radius 1 is 1.02 bits per heavy atom. The van der Waals surface area contributed by atoms with E-state index in [2.05, 4.69) is 40.5 Å². The van der Waals surface area contributed by atoms with Gasteiger partial charge in [-0.25, -0.2) is 14.2 Å². The molecule has 3 aromatic heterocycles.